The minimum absolute atomic E-state index is 0.00678. The minimum Gasteiger partial charge on any atom is -0.294 e. The summed E-state index contributed by atoms with van der Waals surface area (Å²) in [5.41, 5.74) is 2.67. The van der Waals surface area contributed by atoms with Crippen LogP contribution in [0.1, 0.15) is 239 Å². The Kier molecular flexibility index (Phi) is 28.1. The second-order valence-electron chi connectivity index (χ2n) is 14.7. The summed E-state index contributed by atoms with van der Waals surface area (Å²) in [5.74, 6) is -0.0672. The molecule has 0 aromatic rings. The van der Waals surface area contributed by atoms with Gasteiger partial charge in [0.2, 0.25) is 0 Å². The van der Waals surface area contributed by atoms with Gasteiger partial charge in [-0.25, -0.2) is 0 Å². The highest BCUT2D eigenvalue weighted by Gasteiger charge is 2.32. The Bertz CT molecular complexity index is 946. The van der Waals surface area contributed by atoms with Gasteiger partial charge in [-0.3, -0.25) is 9.35 Å². The van der Waals surface area contributed by atoms with E-state index in [4.69, 9.17) is 0 Å². The van der Waals surface area contributed by atoms with Crippen LogP contribution in [-0.4, -0.2) is 18.8 Å². The van der Waals surface area contributed by atoms with Gasteiger partial charge in [0, 0.05) is 6.42 Å². The minimum atomic E-state index is -4.40. The summed E-state index contributed by atoms with van der Waals surface area (Å²) in [5, 5.41) is 0. The molecular formula is C42H78O4S. The molecule has 5 heteroatoms. The third-order valence-corrected chi connectivity index (χ3v) is 11.4. The van der Waals surface area contributed by atoms with Crippen molar-refractivity contribution in [3.8, 4) is 0 Å². The Balaban J connectivity index is 2.80. The van der Waals surface area contributed by atoms with Crippen LogP contribution in [0.4, 0.5) is 0 Å². The van der Waals surface area contributed by atoms with Gasteiger partial charge in [-0.05, 0) is 55.2 Å². The van der Waals surface area contributed by atoms with Gasteiger partial charge < -0.3 is 0 Å². The van der Waals surface area contributed by atoms with E-state index in [1.165, 1.54) is 154 Å². The van der Waals surface area contributed by atoms with Crippen LogP contribution in [0.2, 0.25) is 0 Å². The molecule has 0 bridgehead atoms. The predicted molar refractivity (Wildman–Crippen MR) is 205 cm³/mol. The van der Waals surface area contributed by atoms with Crippen molar-refractivity contribution in [2.75, 3.05) is 0 Å². The Morgan fingerprint density at radius 1 is 0.404 bits per heavy atom. The molecule has 276 valence electrons. The number of ketones is 1. The van der Waals surface area contributed by atoms with Gasteiger partial charge in [0.05, 0.1) is 4.91 Å². The van der Waals surface area contributed by atoms with Crippen LogP contribution < -0.4 is 0 Å². The summed E-state index contributed by atoms with van der Waals surface area (Å²) in [6.45, 7) is 6.77. The summed E-state index contributed by atoms with van der Waals surface area (Å²) in [6.07, 6.45) is 39.4. The molecule has 0 spiro atoms. The largest absolute Gasteiger partial charge is 0.294 e. The number of rotatable bonds is 34. The second-order valence-corrected chi connectivity index (χ2v) is 16.2. The molecule has 0 heterocycles. The monoisotopic (exact) mass is 679 g/mol. The third kappa shape index (κ3) is 22.4. The number of hydrogen-bond donors (Lipinski definition) is 1. The number of carbonyl (C=O) groups is 1. The van der Waals surface area contributed by atoms with Crippen LogP contribution in [0.5, 0.6) is 0 Å². The highest BCUT2D eigenvalue weighted by molar-refractivity contribution is 7.89. The lowest BCUT2D eigenvalue weighted by atomic mass is 9.82. The van der Waals surface area contributed by atoms with Gasteiger partial charge in [-0.2, -0.15) is 8.42 Å². The maximum absolute atomic E-state index is 13.5. The standard InChI is InChI=1S/C42H78O4S/c1-4-7-10-13-16-19-22-25-28-31-34-38-39(35-32-29-26-23-20-17-14-11-8-5-2)41(43)37-42(47(44,45)46)40(38)36-33-30-27-24-21-18-15-12-9-6-3/h4-37H2,1-3H3,(H,44,45,46). The van der Waals surface area contributed by atoms with Gasteiger partial charge in [0.15, 0.2) is 5.78 Å². The first-order chi connectivity index (χ1) is 22.9. The lowest BCUT2D eigenvalue weighted by molar-refractivity contribution is -0.115. The molecule has 0 saturated carbocycles. The summed E-state index contributed by atoms with van der Waals surface area (Å²) in [6, 6.07) is 0. The average molecular weight is 679 g/mol. The SMILES string of the molecule is CCCCCCCCCCCCC1=C(CCCCCCCCCCCC)C(CCCCCCCCCCCC)=C(S(=O)(=O)O)CC1=O. The fourth-order valence-corrected chi connectivity index (χ4v) is 8.22. The molecule has 1 rings (SSSR count). The topological polar surface area (TPSA) is 71.4 Å². The van der Waals surface area contributed by atoms with Gasteiger partial charge in [-0.15, -0.1) is 0 Å². The van der Waals surface area contributed by atoms with Crippen molar-refractivity contribution >= 4 is 15.9 Å². The lowest BCUT2D eigenvalue weighted by Gasteiger charge is -2.25. The number of Topliss-reactive ketones (excluding diaryl/α,β-unsaturated/α-hetero) is 1. The predicted octanol–water partition coefficient (Wildman–Crippen LogP) is 14.3. The Hall–Kier alpha value is -0.940. The number of hydrogen-bond acceptors (Lipinski definition) is 3. The summed E-state index contributed by atoms with van der Waals surface area (Å²) in [4.78, 5) is 13.5. The maximum atomic E-state index is 13.5. The number of carbonyl (C=O) groups excluding carboxylic acids is 1. The molecule has 0 radical (unpaired) electrons. The highest BCUT2D eigenvalue weighted by Crippen LogP contribution is 2.39. The molecule has 0 saturated heterocycles. The van der Waals surface area contributed by atoms with Gasteiger partial charge in [0.25, 0.3) is 10.1 Å². The van der Waals surface area contributed by atoms with Crippen molar-refractivity contribution in [1.82, 2.24) is 0 Å². The van der Waals surface area contributed by atoms with E-state index < -0.39 is 10.1 Å². The lowest BCUT2D eigenvalue weighted by Crippen LogP contribution is -2.20. The Morgan fingerprint density at radius 2 is 0.660 bits per heavy atom. The molecule has 1 N–H and O–H groups in total. The Morgan fingerprint density at radius 3 is 0.957 bits per heavy atom. The first kappa shape index (κ1) is 44.1. The molecule has 47 heavy (non-hydrogen) atoms. The van der Waals surface area contributed by atoms with E-state index in [2.05, 4.69) is 20.8 Å². The zero-order valence-electron chi connectivity index (χ0n) is 31.6. The summed E-state index contributed by atoms with van der Waals surface area (Å²) in [7, 11) is -4.40. The van der Waals surface area contributed by atoms with E-state index in [9.17, 15) is 17.8 Å². The molecular weight excluding hydrogens is 601 g/mol. The van der Waals surface area contributed by atoms with E-state index in [0.29, 0.717) is 6.42 Å². The maximum Gasteiger partial charge on any atom is 0.291 e. The zero-order valence-corrected chi connectivity index (χ0v) is 32.4. The summed E-state index contributed by atoms with van der Waals surface area (Å²) >= 11 is 0. The van der Waals surface area contributed by atoms with Crippen LogP contribution >= 0.6 is 0 Å². The van der Waals surface area contributed by atoms with Crippen molar-refractivity contribution < 1.29 is 17.8 Å². The van der Waals surface area contributed by atoms with Crippen LogP contribution in [0.25, 0.3) is 0 Å². The first-order valence-corrected chi connectivity index (χ1v) is 22.3. The van der Waals surface area contributed by atoms with Crippen molar-refractivity contribution in [3.05, 3.63) is 21.6 Å². The van der Waals surface area contributed by atoms with Crippen LogP contribution in [0.15, 0.2) is 21.6 Å². The molecule has 4 nitrogen and oxygen atoms in total. The molecule has 0 amide bonds. The smallest absolute Gasteiger partial charge is 0.291 e. The molecule has 0 fully saturated rings. The van der Waals surface area contributed by atoms with Crippen molar-refractivity contribution in [2.45, 2.75) is 239 Å². The van der Waals surface area contributed by atoms with Crippen LogP contribution in [0, 0.1) is 0 Å². The quantitative estimate of drug-likeness (QED) is 0.0543. The molecule has 0 aromatic heterocycles. The van der Waals surface area contributed by atoms with Crippen molar-refractivity contribution in [3.63, 3.8) is 0 Å². The molecule has 0 aromatic carbocycles. The molecule has 1 aliphatic rings. The van der Waals surface area contributed by atoms with Crippen molar-refractivity contribution in [2.24, 2.45) is 0 Å². The molecule has 0 atom stereocenters. The van der Waals surface area contributed by atoms with E-state index in [1.807, 2.05) is 0 Å². The zero-order chi connectivity index (χ0) is 34.4. The van der Waals surface area contributed by atoms with Crippen molar-refractivity contribution in [1.29, 1.82) is 0 Å². The highest BCUT2D eigenvalue weighted by atomic mass is 32.2. The fourth-order valence-electron chi connectivity index (χ4n) is 7.37. The fraction of sp³-hybridized carbons (Fsp3) is 0.881. The average Bonchev–Trinajstić information content (AvgIpc) is 3.04. The first-order valence-electron chi connectivity index (χ1n) is 20.8. The van der Waals surface area contributed by atoms with E-state index >= 15 is 0 Å². The number of allylic oxidation sites excluding steroid dienone is 4. The third-order valence-electron chi connectivity index (χ3n) is 10.4. The van der Waals surface area contributed by atoms with Gasteiger partial charge in [-0.1, -0.05) is 194 Å². The van der Waals surface area contributed by atoms with E-state index in [-0.39, 0.29) is 17.1 Å². The summed E-state index contributed by atoms with van der Waals surface area (Å²) < 4.78 is 35.4. The van der Waals surface area contributed by atoms with Gasteiger partial charge >= 0.3 is 0 Å². The Labute approximate surface area is 293 Å². The van der Waals surface area contributed by atoms with E-state index in [1.54, 1.807) is 0 Å². The second kappa shape index (κ2) is 29.9. The van der Waals surface area contributed by atoms with E-state index in [0.717, 1.165) is 68.1 Å². The molecule has 1 aliphatic carbocycles. The molecule has 0 aliphatic heterocycles. The van der Waals surface area contributed by atoms with Gasteiger partial charge in [0.1, 0.15) is 0 Å². The van der Waals surface area contributed by atoms with Crippen LogP contribution in [0.3, 0.4) is 0 Å². The number of unbranched alkanes of at least 4 members (excludes halogenated alkanes) is 27. The molecule has 0 unspecified atom stereocenters. The van der Waals surface area contributed by atoms with Crippen LogP contribution in [-0.2, 0) is 14.9 Å². The normalized spacial score (nSPS) is 14.2.